The number of nitrogens with one attached hydrogen (secondary N) is 1. The van der Waals surface area contributed by atoms with E-state index in [9.17, 15) is 4.79 Å². The first kappa shape index (κ1) is 20.1. The van der Waals surface area contributed by atoms with Gasteiger partial charge in [0, 0.05) is 38.6 Å². The van der Waals surface area contributed by atoms with Crippen molar-refractivity contribution in [1.82, 2.24) is 25.2 Å². The highest BCUT2D eigenvalue weighted by Gasteiger charge is 2.29. The largest absolute Gasteiger partial charge is 0.363 e. The zero-order valence-corrected chi connectivity index (χ0v) is 17.4. The van der Waals surface area contributed by atoms with Crippen LogP contribution in [-0.2, 0) is 11.3 Å². The molecule has 30 heavy (non-hydrogen) atoms. The number of amides is 1. The number of nitrogens with zero attached hydrogens (tertiary/aromatic N) is 6. The molecule has 9 nitrogen and oxygen atoms in total. The van der Waals surface area contributed by atoms with Gasteiger partial charge in [-0.3, -0.25) is 4.79 Å². The predicted molar refractivity (Wildman–Crippen MR) is 114 cm³/mol. The van der Waals surface area contributed by atoms with E-state index in [-0.39, 0.29) is 11.8 Å². The smallest absolute Gasteiger partial charge is 0.245 e. The molecule has 1 aliphatic rings. The zero-order chi connectivity index (χ0) is 20.9. The Morgan fingerprint density at radius 3 is 2.43 bits per heavy atom. The maximum absolute atomic E-state index is 12.7. The highest BCUT2D eigenvalue weighted by molar-refractivity contribution is 5.79. The summed E-state index contributed by atoms with van der Waals surface area (Å²) < 4.78 is 4.80. The SMILES string of the molecule is CCN(CC)C(=O)C1CCN(c2nc3nonc3nc2NCc2ccccc2)CC1. The second-order valence-corrected chi connectivity index (χ2v) is 7.42. The molecule has 0 spiro atoms. The Hall–Kier alpha value is -3.23. The summed E-state index contributed by atoms with van der Waals surface area (Å²) in [6.07, 6.45) is 1.59. The number of piperidine rings is 1. The Kier molecular flexibility index (Phi) is 6.06. The molecule has 1 fully saturated rings. The summed E-state index contributed by atoms with van der Waals surface area (Å²) in [5.41, 5.74) is 1.91. The highest BCUT2D eigenvalue weighted by atomic mass is 16.6. The van der Waals surface area contributed by atoms with Crippen LogP contribution in [0.2, 0.25) is 0 Å². The van der Waals surface area contributed by atoms with Crippen LogP contribution in [0, 0.1) is 5.92 Å². The lowest BCUT2D eigenvalue weighted by Gasteiger charge is -2.34. The van der Waals surface area contributed by atoms with Crippen molar-refractivity contribution in [1.29, 1.82) is 0 Å². The van der Waals surface area contributed by atoms with Crippen molar-refractivity contribution in [3.05, 3.63) is 35.9 Å². The van der Waals surface area contributed by atoms with Crippen molar-refractivity contribution in [2.45, 2.75) is 33.2 Å². The molecule has 3 aromatic rings. The van der Waals surface area contributed by atoms with Gasteiger partial charge in [0.05, 0.1) is 0 Å². The molecule has 4 rings (SSSR count). The second-order valence-electron chi connectivity index (χ2n) is 7.42. The zero-order valence-electron chi connectivity index (χ0n) is 17.4. The highest BCUT2D eigenvalue weighted by Crippen LogP contribution is 2.29. The molecule has 1 amide bonds. The number of hydrogen-bond acceptors (Lipinski definition) is 8. The van der Waals surface area contributed by atoms with Gasteiger partial charge in [-0.1, -0.05) is 30.3 Å². The molecule has 2 aromatic heterocycles. The number of anilines is 2. The van der Waals surface area contributed by atoms with Crippen LogP contribution in [0.5, 0.6) is 0 Å². The van der Waals surface area contributed by atoms with E-state index in [2.05, 4.69) is 42.6 Å². The summed E-state index contributed by atoms with van der Waals surface area (Å²) in [7, 11) is 0. The maximum atomic E-state index is 12.7. The van der Waals surface area contributed by atoms with Gasteiger partial charge >= 0.3 is 0 Å². The molecule has 0 radical (unpaired) electrons. The van der Waals surface area contributed by atoms with E-state index in [0.29, 0.717) is 23.7 Å². The van der Waals surface area contributed by atoms with E-state index < -0.39 is 0 Å². The first-order valence-electron chi connectivity index (χ1n) is 10.5. The number of rotatable bonds is 7. The molecule has 0 bridgehead atoms. The van der Waals surface area contributed by atoms with Crippen LogP contribution in [-0.4, -0.2) is 57.3 Å². The number of fused-ring (bicyclic) bond motifs is 1. The third kappa shape index (κ3) is 4.19. The fraction of sp³-hybridized carbons (Fsp3) is 0.476. The fourth-order valence-electron chi connectivity index (χ4n) is 3.88. The van der Waals surface area contributed by atoms with E-state index in [1.807, 2.05) is 36.9 Å². The van der Waals surface area contributed by atoms with Crippen LogP contribution in [0.1, 0.15) is 32.3 Å². The van der Waals surface area contributed by atoms with Gasteiger partial charge in [0.25, 0.3) is 0 Å². The van der Waals surface area contributed by atoms with Gasteiger partial charge in [0.2, 0.25) is 17.2 Å². The van der Waals surface area contributed by atoms with Crippen molar-refractivity contribution >= 4 is 28.8 Å². The number of carbonyl (C=O) groups excluding carboxylic acids is 1. The fourth-order valence-corrected chi connectivity index (χ4v) is 3.88. The molecule has 0 atom stereocenters. The number of carbonyl (C=O) groups is 1. The minimum atomic E-state index is 0.0623. The van der Waals surface area contributed by atoms with Gasteiger partial charge in [-0.2, -0.15) is 0 Å². The Balaban J connectivity index is 1.51. The molecule has 1 saturated heterocycles. The first-order valence-corrected chi connectivity index (χ1v) is 10.5. The molecular formula is C21H27N7O2. The normalized spacial score (nSPS) is 14.8. The van der Waals surface area contributed by atoms with Gasteiger partial charge in [-0.05, 0) is 42.6 Å². The lowest BCUT2D eigenvalue weighted by Crippen LogP contribution is -2.43. The summed E-state index contributed by atoms with van der Waals surface area (Å²) >= 11 is 0. The summed E-state index contributed by atoms with van der Waals surface area (Å²) in [6.45, 7) is 7.66. The standard InChI is InChI=1S/C21H27N7O2/c1-3-27(4-2)21(29)16-10-12-28(13-11-16)20-19(22-14-15-8-6-5-7-9-15)23-17-18(24-20)26-30-25-17/h5-9,16H,3-4,10-14H2,1-2H3,(H,22,23,25). The topological polar surface area (TPSA) is 100 Å². The van der Waals surface area contributed by atoms with Gasteiger partial charge in [-0.15, -0.1) is 0 Å². The van der Waals surface area contributed by atoms with Crippen LogP contribution in [0.4, 0.5) is 11.6 Å². The van der Waals surface area contributed by atoms with Gasteiger partial charge in [0.1, 0.15) is 0 Å². The van der Waals surface area contributed by atoms with Crippen LogP contribution in [0.25, 0.3) is 11.3 Å². The van der Waals surface area contributed by atoms with E-state index >= 15 is 0 Å². The van der Waals surface area contributed by atoms with E-state index in [4.69, 9.17) is 4.63 Å². The molecule has 9 heteroatoms. The lowest BCUT2D eigenvalue weighted by atomic mass is 9.95. The maximum Gasteiger partial charge on any atom is 0.245 e. The molecular weight excluding hydrogens is 382 g/mol. The Morgan fingerprint density at radius 1 is 1.10 bits per heavy atom. The van der Waals surface area contributed by atoms with Gasteiger partial charge in [-0.25, -0.2) is 14.6 Å². The molecule has 0 saturated carbocycles. The number of benzene rings is 1. The van der Waals surface area contributed by atoms with Crippen LogP contribution < -0.4 is 10.2 Å². The van der Waals surface area contributed by atoms with Gasteiger partial charge < -0.3 is 15.1 Å². The lowest BCUT2D eigenvalue weighted by molar-refractivity contribution is -0.135. The third-order valence-corrected chi connectivity index (χ3v) is 5.62. The third-order valence-electron chi connectivity index (χ3n) is 5.62. The summed E-state index contributed by atoms with van der Waals surface area (Å²) in [5, 5.41) is 11.1. The molecule has 0 aliphatic carbocycles. The molecule has 158 valence electrons. The molecule has 3 heterocycles. The van der Waals surface area contributed by atoms with Crippen molar-refractivity contribution in [3.63, 3.8) is 0 Å². The Morgan fingerprint density at radius 2 is 1.77 bits per heavy atom. The van der Waals surface area contributed by atoms with Crippen LogP contribution in [0.3, 0.4) is 0 Å². The Bertz CT molecular complexity index is 979. The van der Waals surface area contributed by atoms with Crippen LogP contribution in [0.15, 0.2) is 35.0 Å². The molecule has 0 unspecified atom stereocenters. The Labute approximate surface area is 175 Å². The van der Waals surface area contributed by atoms with E-state index in [1.54, 1.807) is 0 Å². The van der Waals surface area contributed by atoms with Crippen LogP contribution >= 0.6 is 0 Å². The van der Waals surface area contributed by atoms with Crippen molar-refractivity contribution in [3.8, 4) is 0 Å². The minimum absolute atomic E-state index is 0.0623. The summed E-state index contributed by atoms with van der Waals surface area (Å²) in [5.74, 6) is 1.69. The number of hydrogen-bond donors (Lipinski definition) is 1. The van der Waals surface area contributed by atoms with E-state index in [0.717, 1.165) is 50.4 Å². The van der Waals surface area contributed by atoms with Gasteiger partial charge in [0.15, 0.2) is 11.6 Å². The first-order chi connectivity index (χ1) is 14.7. The van der Waals surface area contributed by atoms with Crippen molar-refractivity contribution < 1.29 is 9.42 Å². The minimum Gasteiger partial charge on any atom is -0.363 e. The summed E-state index contributed by atoms with van der Waals surface area (Å²) in [4.78, 5) is 26.0. The van der Waals surface area contributed by atoms with Crippen molar-refractivity contribution in [2.24, 2.45) is 5.92 Å². The summed E-state index contributed by atoms with van der Waals surface area (Å²) in [6, 6.07) is 10.1. The number of aromatic nitrogens is 4. The predicted octanol–water partition coefficient (Wildman–Crippen LogP) is 2.71. The molecule has 1 aromatic carbocycles. The average molecular weight is 409 g/mol. The van der Waals surface area contributed by atoms with Crippen molar-refractivity contribution in [2.75, 3.05) is 36.4 Å². The van der Waals surface area contributed by atoms with E-state index in [1.165, 1.54) is 0 Å². The second kappa shape index (κ2) is 9.06. The molecule has 1 aliphatic heterocycles. The average Bonchev–Trinajstić information content (AvgIpc) is 3.26. The molecule has 1 N–H and O–H groups in total. The monoisotopic (exact) mass is 409 g/mol. The quantitative estimate of drug-likeness (QED) is 0.636.